The lowest BCUT2D eigenvalue weighted by atomic mass is 10.0. The number of rotatable bonds is 5. The van der Waals surface area contributed by atoms with Crippen LogP contribution in [0.2, 0.25) is 0 Å². The van der Waals surface area contributed by atoms with Gasteiger partial charge in [0.2, 0.25) is 5.91 Å². The SMILES string of the molecule is CCc1cc(-n2cnnc2)cc(C)c1NC(=O)CC(C)C. The maximum absolute atomic E-state index is 12.0. The lowest BCUT2D eigenvalue weighted by Crippen LogP contribution is -2.16. The van der Waals surface area contributed by atoms with Crippen molar-refractivity contribution in [2.75, 3.05) is 5.32 Å². The van der Waals surface area contributed by atoms with Gasteiger partial charge in [0.15, 0.2) is 0 Å². The van der Waals surface area contributed by atoms with Crippen LogP contribution in [0.3, 0.4) is 0 Å². The van der Waals surface area contributed by atoms with Crippen LogP contribution in [0.5, 0.6) is 0 Å². The van der Waals surface area contributed by atoms with Crippen molar-refractivity contribution in [3.8, 4) is 5.69 Å². The molecular formula is C16H22N4O. The van der Waals surface area contributed by atoms with Gasteiger partial charge < -0.3 is 5.32 Å². The Morgan fingerprint density at radius 1 is 1.29 bits per heavy atom. The molecule has 21 heavy (non-hydrogen) atoms. The average molecular weight is 286 g/mol. The first-order chi connectivity index (χ1) is 10.0. The van der Waals surface area contributed by atoms with Gasteiger partial charge in [0, 0.05) is 17.8 Å². The van der Waals surface area contributed by atoms with Gasteiger partial charge in [-0.15, -0.1) is 10.2 Å². The fourth-order valence-corrected chi connectivity index (χ4v) is 2.34. The number of anilines is 1. The highest BCUT2D eigenvalue weighted by molar-refractivity contribution is 5.92. The second-order valence-electron chi connectivity index (χ2n) is 5.67. The summed E-state index contributed by atoms with van der Waals surface area (Å²) < 4.78 is 1.87. The van der Waals surface area contributed by atoms with Gasteiger partial charge in [-0.1, -0.05) is 20.8 Å². The van der Waals surface area contributed by atoms with Crippen molar-refractivity contribution in [1.29, 1.82) is 0 Å². The Hall–Kier alpha value is -2.17. The normalized spacial score (nSPS) is 10.9. The quantitative estimate of drug-likeness (QED) is 0.918. The Morgan fingerprint density at radius 3 is 2.52 bits per heavy atom. The second kappa shape index (κ2) is 6.52. The summed E-state index contributed by atoms with van der Waals surface area (Å²) in [7, 11) is 0. The first-order valence-corrected chi connectivity index (χ1v) is 7.29. The average Bonchev–Trinajstić information content (AvgIpc) is 2.93. The number of benzene rings is 1. The van der Waals surface area contributed by atoms with Gasteiger partial charge in [-0.05, 0) is 42.5 Å². The standard InChI is InChI=1S/C16H22N4O/c1-5-13-8-14(20-9-17-18-10-20)7-12(4)16(13)19-15(21)6-11(2)3/h7-11H,5-6H2,1-4H3,(H,19,21). The summed E-state index contributed by atoms with van der Waals surface area (Å²) in [5.41, 5.74) is 4.11. The van der Waals surface area contributed by atoms with Crippen LogP contribution in [0.4, 0.5) is 5.69 Å². The highest BCUT2D eigenvalue weighted by Gasteiger charge is 2.12. The smallest absolute Gasteiger partial charge is 0.224 e. The molecule has 0 saturated carbocycles. The van der Waals surface area contributed by atoms with E-state index in [1.54, 1.807) is 12.7 Å². The molecule has 112 valence electrons. The van der Waals surface area contributed by atoms with E-state index in [0.717, 1.165) is 28.9 Å². The van der Waals surface area contributed by atoms with Crippen molar-refractivity contribution in [3.05, 3.63) is 35.9 Å². The zero-order chi connectivity index (χ0) is 15.4. The molecule has 1 N–H and O–H groups in total. The molecule has 0 aliphatic heterocycles. The summed E-state index contributed by atoms with van der Waals surface area (Å²) in [6.45, 7) is 8.19. The minimum Gasteiger partial charge on any atom is -0.326 e. The largest absolute Gasteiger partial charge is 0.326 e. The molecule has 1 aromatic carbocycles. The van der Waals surface area contributed by atoms with E-state index in [4.69, 9.17) is 0 Å². The Bertz CT molecular complexity index is 617. The third kappa shape index (κ3) is 3.68. The van der Waals surface area contributed by atoms with Crippen LogP contribution in [0.25, 0.3) is 5.69 Å². The van der Waals surface area contributed by atoms with Crippen LogP contribution in [0.15, 0.2) is 24.8 Å². The van der Waals surface area contributed by atoms with Crippen LogP contribution in [-0.4, -0.2) is 20.7 Å². The van der Waals surface area contributed by atoms with Crippen molar-refractivity contribution in [2.45, 2.75) is 40.5 Å². The van der Waals surface area contributed by atoms with E-state index in [0.29, 0.717) is 12.3 Å². The van der Waals surface area contributed by atoms with Crippen LogP contribution >= 0.6 is 0 Å². The molecule has 5 heteroatoms. The Labute approximate surface area is 125 Å². The van der Waals surface area contributed by atoms with Crippen molar-refractivity contribution in [2.24, 2.45) is 5.92 Å². The molecule has 1 aromatic heterocycles. The van der Waals surface area contributed by atoms with Gasteiger partial charge in [0.1, 0.15) is 12.7 Å². The summed E-state index contributed by atoms with van der Waals surface area (Å²) in [6.07, 6.45) is 4.74. The number of carbonyl (C=O) groups is 1. The first-order valence-electron chi connectivity index (χ1n) is 7.29. The van der Waals surface area contributed by atoms with E-state index in [-0.39, 0.29) is 5.91 Å². The molecule has 2 aromatic rings. The molecule has 0 spiro atoms. The molecule has 0 radical (unpaired) electrons. The van der Waals surface area contributed by atoms with Gasteiger partial charge in [0.25, 0.3) is 0 Å². The van der Waals surface area contributed by atoms with E-state index >= 15 is 0 Å². The van der Waals surface area contributed by atoms with Crippen molar-refractivity contribution >= 4 is 11.6 Å². The lowest BCUT2D eigenvalue weighted by Gasteiger charge is -2.16. The monoisotopic (exact) mass is 286 g/mol. The third-order valence-electron chi connectivity index (χ3n) is 3.36. The van der Waals surface area contributed by atoms with E-state index in [1.807, 2.05) is 31.4 Å². The maximum atomic E-state index is 12.0. The molecule has 0 aliphatic carbocycles. The molecule has 1 amide bonds. The second-order valence-corrected chi connectivity index (χ2v) is 5.67. The molecule has 2 rings (SSSR count). The topological polar surface area (TPSA) is 59.8 Å². The highest BCUT2D eigenvalue weighted by Crippen LogP contribution is 2.25. The molecule has 0 fully saturated rings. The first kappa shape index (κ1) is 15.2. The van der Waals surface area contributed by atoms with Crippen molar-refractivity contribution in [3.63, 3.8) is 0 Å². The zero-order valence-electron chi connectivity index (χ0n) is 13.1. The number of aromatic nitrogens is 3. The summed E-state index contributed by atoms with van der Waals surface area (Å²) in [5.74, 6) is 0.423. The minimum atomic E-state index is 0.0693. The van der Waals surface area contributed by atoms with Gasteiger partial charge in [-0.25, -0.2) is 0 Å². The zero-order valence-corrected chi connectivity index (χ0v) is 13.1. The van der Waals surface area contributed by atoms with Crippen molar-refractivity contribution in [1.82, 2.24) is 14.8 Å². The Balaban J connectivity index is 2.32. The molecular weight excluding hydrogens is 264 g/mol. The van der Waals surface area contributed by atoms with Gasteiger partial charge in [0.05, 0.1) is 0 Å². The maximum Gasteiger partial charge on any atom is 0.224 e. The molecule has 0 bridgehead atoms. The number of hydrogen-bond donors (Lipinski definition) is 1. The molecule has 0 atom stereocenters. The summed E-state index contributed by atoms with van der Waals surface area (Å²) in [6, 6.07) is 4.11. The number of amides is 1. The van der Waals surface area contributed by atoms with Gasteiger partial charge in [-0.2, -0.15) is 0 Å². The summed E-state index contributed by atoms with van der Waals surface area (Å²) in [4.78, 5) is 12.0. The number of hydrogen-bond acceptors (Lipinski definition) is 3. The number of aryl methyl sites for hydroxylation is 2. The highest BCUT2D eigenvalue weighted by atomic mass is 16.1. The number of nitrogens with one attached hydrogen (secondary N) is 1. The molecule has 0 aliphatic rings. The minimum absolute atomic E-state index is 0.0693. The van der Waals surface area contributed by atoms with E-state index in [1.165, 1.54) is 0 Å². The fourth-order valence-electron chi connectivity index (χ4n) is 2.34. The van der Waals surface area contributed by atoms with Crippen LogP contribution in [0, 0.1) is 12.8 Å². The van der Waals surface area contributed by atoms with Crippen molar-refractivity contribution < 1.29 is 4.79 Å². The molecule has 5 nitrogen and oxygen atoms in total. The lowest BCUT2D eigenvalue weighted by molar-refractivity contribution is -0.116. The molecule has 0 unspecified atom stereocenters. The van der Waals surface area contributed by atoms with Crippen LogP contribution in [0.1, 0.15) is 38.3 Å². The predicted octanol–water partition coefficient (Wildman–Crippen LogP) is 3.12. The van der Waals surface area contributed by atoms with Crippen LogP contribution in [-0.2, 0) is 11.2 Å². The predicted molar refractivity (Wildman–Crippen MR) is 83.6 cm³/mol. The third-order valence-corrected chi connectivity index (χ3v) is 3.36. The Kier molecular flexibility index (Phi) is 4.73. The van der Waals surface area contributed by atoms with E-state index < -0.39 is 0 Å². The fraction of sp³-hybridized carbons (Fsp3) is 0.438. The number of carbonyl (C=O) groups excluding carboxylic acids is 1. The van der Waals surface area contributed by atoms with Gasteiger partial charge in [-0.3, -0.25) is 9.36 Å². The molecule has 1 heterocycles. The summed E-state index contributed by atoms with van der Waals surface area (Å²) >= 11 is 0. The van der Waals surface area contributed by atoms with Gasteiger partial charge >= 0.3 is 0 Å². The number of nitrogens with zero attached hydrogens (tertiary/aromatic N) is 3. The van der Waals surface area contributed by atoms with Crippen LogP contribution < -0.4 is 5.32 Å². The summed E-state index contributed by atoms with van der Waals surface area (Å²) in [5, 5.41) is 10.7. The van der Waals surface area contributed by atoms with E-state index in [2.05, 4.69) is 28.5 Å². The molecule has 0 saturated heterocycles. The van der Waals surface area contributed by atoms with E-state index in [9.17, 15) is 4.79 Å². The Morgan fingerprint density at radius 2 is 1.95 bits per heavy atom.